The minimum atomic E-state index is -0.713. The number of rotatable bonds is 7. The highest BCUT2D eigenvalue weighted by Crippen LogP contribution is 2.13. The first-order chi connectivity index (χ1) is 11.9. The van der Waals surface area contributed by atoms with Gasteiger partial charge in [-0.1, -0.05) is 12.1 Å². The van der Waals surface area contributed by atoms with Gasteiger partial charge >= 0.3 is 6.09 Å². The lowest BCUT2D eigenvalue weighted by molar-refractivity contribution is -0.112. The summed E-state index contributed by atoms with van der Waals surface area (Å²) in [5.74, 6) is -0.863. The normalized spacial score (nSPS) is 10.6. The molecule has 132 valence electrons. The zero-order valence-corrected chi connectivity index (χ0v) is 14.1. The maximum atomic E-state index is 12.2. The van der Waals surface area contributed by atoms with Crippen molar-refractivity contribution in [1.82, 2.24) is 4.90 Å². The average molecular weight is 344 g/mol. The molecule has 2 amide bonds. The number of nitrogens with one attached hydrogen (secondary N) is 1. The molecule has 0 atom stereocenters. The minimum absolute atomic E-state index is 0.0944. The Morgan fingerprint density at radius 1 is 1.40 bits per heavy atom. The third kappa shape index (κ3) is 6.08. The van der Waals surface area contributed by atoms with Crippen LogP contribution in [0, 0.1) is 11.3 Å². The van der Waals surface area contributed by atoms with Crippen molar-refractivity contribution in [1.29, 1.82) is 5.26 Å². The number of carbonyl (C=O) groups excluding carboxylic acids is 3. The molecule has 1 aromatic rings. The summed E-state index contributed by atoms with van der Waals surface area (Å²) in [4.78, 5) is 36.5. The molecule has 0 aliphatic carbocycles. The van der Waals surface area contributed by atoms with Crippen LogP contribution in [0.15, 0.2) is 36.0 Å². The first-order valence-electron chi connectivity index (χ1n) is 7.60. The molecule has 0 aromatic heterocycles. The van der Waals surface area contributed by atoms with Gasteiger partial charge in [-0.2, -0.15) is 5.26 Å². The highest BCUT2D eigenvalue weighted by atomic mass is 16.6. The van der Waals surface area contributed by atoms with Crippen LogP contribution in [-0.2, 0) is 9.53 Å². The van der Waals surface area contributed by atoms with Crippen LogP contribution < -0.4 is 11.1 Å². The zero-order valence-electron chi connectivity index (χ0n) is 14.1. The van der Waals surface area contributed by atoms with Crippen molar-refractivity contribution < 1.29 is 19.1 Å². The predicted molar refractivity (Wildman–Crippen MR) is 91.6 cm³/mol. The molecule has 8 nitrogen and oxygen atoms in total. The van der Waals surface area contributed by atoms with E-state index in [9.17, 15) is 19.6 Å². The molecule has 0 bridgehead atoms. The van der Waals surface area contributed by atoms with E-state index in [2.05, 4.69) is 5.32 Å². The molecule has 1 rings (SSSR count). The van der Waals surface area contributed by atoms with Gasteiger partial charge in [-0.3, -0.25) is 14.5 Å². The van der Waals surface area contributed by atoms with Crippen LogP contribution in [0.2, 0.25) is 0 Å². The van der Waals surface area contributed by atoms with Gasteiger partial charge in [-0.15, -0.1) is 0 Å². The number of carbonyl (C=O) groups is 3. The molecule has 0 radical (unpaired) electrons. The van der Waals surface area contributed by atoms with Gasteiger partial charge in [0.15, 0.2) is 5.78 Å². The quantitative estimate of drug-likeness (QED) is 0.440. The largest absolute Gasteiger partial charge is 0.449 e. The maximum Gasteiger partial charge on any atom is 0.413 e. The lowest BCUT2D eigenvalue weighted by Gasteiger charge is -2.17. The molecule has 3 N–H and O–H groups in total. The Balaban J connectivity index is 2.99. The van der Waals surface area contributed by atoms with Crippen LogP contribution in [0.4, 0.5) is 10.5 Å². The highest BCUT2D eigenvalue weighted by Gasteiger charge is 2.17. The Hall–Kier alpha value is -3.18. The summed E-state index contributed by atoms with van der Waals surface area (Å²) in [5, 5.41) is 11.7. The highest BCUT2D eigenvalue weighted by molar-refractivity contribution is 6.07. The van der Waals surface area contributed by atoms with Crippen LogP contribution >= 0.6 is 0 Å². The number of nitriles is 1. The number of ketones is 1. The molecule has 25 heavy (non-hydrogen) atoms. The smallest absolute Gasteiger partial charge is 0.413 e. The van der Waals surface area contributed by atoms with Gasteiger partial charge in [0.05, 0.1) is 6.61 Å². The molecule has 0 fully saturated rings. The fraction of sp³-hybridized carbons (Fsp3) is 0.294. The number of benzene rings is 1. The van der Waals surface area contributed by atoms with E-state index in [0.717, 1.165) is 11.1 Å². The van der Waals surface area contributed by atoms with Gasteiger partial charge in [0.1, 0.15) is 11.6 Å². The number of nitrogens with zero attached hydrogens (tertiary/aromatic N) is 2. The van der Waals surface area contributed by atoms with E-state index in [0.29, 0.717) is 11.3 Å². The van der Waals surface area contributed by atoms with E-state index >= 15 is 0 Å². The second kappa shape index (κ2) is 9.85. The number of nitrogens with two attached hydrogens (primary N) is 1. The Kier molecular flexibility index (Phi) is 7.82. The Labute approximate surface area is 145 Å². The molecular weight excluding hydrogens is 324 g/mol. The fourth-order valence-corrected chi connectivity index (χ4v) is 1.86. The van der Waals surface area contributed by atoms with Crippen molar-refractivity contribution in [3.63, 3.8) is 0 Å². The molecule has 0 aliphatic heterocycles. The molecule has 0 heterocycles. The molecule has 0 saturated heterocycles. The molecule has 8 heteroatoms. The molecule has 0 spiro atoms. The van der Waals surface area contributed by atoms with Gasteiger partial charge in [0.25, 0.3) is 5.91 Å². The second-order valence-electron chi connectivity index (χ2n) is 4.93. The average Bonchev–Trinajstić information content (AvgIpc) is 2.58. The second-order valence-corrected chi connectivity index (χ2v) is 4.93. The molecular formula is C17H20N4O4. The maximum absolute atomic E-state index is 12.2. The summed E-state index contributed by atoms with van der Waals surface area (Å²) in [7, 11) is 0. The van der Waals surface area contributed by atoms with Crippen LogP contribution in [0.25, 0.3) is 0 Å². The lowest BCUT2D eigenvalue weighted by Crippen LogP contribution is -2.32. The molecule has 0 unspecified atom stereocenters. The Morgan fingerprint density at radius 2 is 2.12 bits per heavy atom. The summed E-state index contributed by atoms with van der Waals surface area (Å²) in [5.41, 5.74) is 5.92. The topological polar surface area (TPSA) is 126 Å². The summed E-state index contributed by atoms with van der Waals surface area (Å²) >= 11 is 0. The third-order valence-electron chi connectivity index (χ3n) is 3.05. The molecule has 1 aromatic carbocycles. The number of amides is 2. The van der Waals surface area contributed by atoms with E-state index in [1.807, 2.05) is 0 Å². The van der Waals surface area contributed by atoms with Crippen LogP contribution in [-0.4, -0.2) is 42.4 Å². The van der Waals surface area contributed by atoms with Gasteiger partial charge < -0.3 is 15.8 Å². The third-order valence-corrected chi connectivity index (χ3v) is 3.05. The van der Waals surface area contributed by atoms with Crippen LogP contribution in [0.3, 0.4) is 0 Å². The molecule has 0 saturated carbocycles. The monoisotopic (exact) mass is 344 g/mol. The SMILES string of the molecule is CCOC(=O)N(/C=C(/C#N)C(=O)Nc1cccc(C(C)=O)c1)CCN. The fourth-order valence-electron chi connectivity index (χ4n) is 1.86. The van der Waals surface area contributed by atoms with Crippen molar-refractivity contribution in [2.24, 2.45) is 5.73 Å². The van der Waals surface area contributed by atoms with Crippen molar-refractivity contribution >= 4 is 23.5 Å². The van der Waals surface area contributed by atoms with E-state index < -0.39 is 12.0 Å². The van der Waals surface area contributed by atoms with Crippen molar-refractivity contribution in [2.45, 2.75) is 13.8 Å². The van der Waals surface area contributed by atoms with Crippen LogP contribution in [0.1, 0.15) is 24.2 Å². The van der Waals surface area contributed by atoms with Gasteiger partial charge in [0, 0.05) is 30.5 Å². The number of ether oxygens (including phenoxy) is 1. The first-order valence-corrected chi connectivity index (χ1v) is 7.60. The predicted octanol–water partition coefficient (Wildman–Crippen LogP) is 1.65. The minimum Gasteiger partial charge on any atom is -0.449 e. The molecule has 0 aliphatic rings. The number of anilines is 1. The zero-order chi connectivity index (χ0) is 18.8. The number of hydrogen-bond donors (Lipinski definition) is 2. The van der Waals surface area contributed by atoms with Crippen LogP contribution in [0.5, 0.6) is 0 Å². The number of Topliss-reactive ketones (excluding diaryl/α,β-unsaturated/α-hetero) is 1. The van der Waals surface area contributed by atoms with E-state index in [-0.39, 0.29) is 31.1 Å². The van der Waals surface area contributed by atoms with E-state index in [1.165, 1.54) is 13.0 Å². The Bertz CT molecular complexity index is 722. The summed E-state index contributed by atoms with van der Waals surface area (Å²) < 4.78 is 4.85. The summed E-state index contributed by atoms with van der Waals surface area (Å²) in [6, 6.07) is 8.05. The van der Waals surface area contributed by atoms with Gasteiger partial charge in [-0.05, 0) is 26.0 Å². The van der Waals surface area contributed by atoms with E-state index in [4.69, 9.17) is 10.5 Å². The Morgan fingerprint density at radius 3 is 2.68 bits per heavy atom. The number of hydrogen-bond acceptors (Lipinski definition) is 6. The van der Waals surface area contributed by atoms with Crippen molar-refractivity contribution in [2.75, 3.05) is 25.0 Å². The van der Waals surface area contributed by atoms with Crippen molar-refractivity contribution in [3.8, 4) is 6.07 Å². The lowest BCUT2D eigenvalue weighted by atomic mass is 10.1. The first kappa shape index (κ1) is 19.9. The summed E-state index contributed by atoms with van der Waals surface area (Å²) in [6.07, 6.45) is 0.390. The standard InChI is InChI=1S/C17H20N4O4/c1-3-25-17(24)21(8-7-18)11-14(10-19)16(23)20-15-6-4-5-13(9-15)12(2)22/h4-6,9,11H,3,7-8,18H2,1-2H3,(H,20,23)/b14-11-. The van der Waals surface area contributed by atoms with Crippen molar-refractivity contribution in [3.05, 3.63) is 41.6 Å². The van der Waals surface area contributed by atoms with Gasteiger partial charge in [-0.25, -0.2) is 4.79 Å². The summed E-state index contributed by atoms with van der Waals surface area (Å²) in [6.45, 7) is 3.43. The van der Waals surface area contributed by atoms with Gasteiger partial charge in [0.2, 0.25) is 0 Å². The van der Waals surface area contributed by atoms with E-state index in [1.54, 1.807) is 31.2 Å².